The molecule has 2 nitrogen and oxygen atoms in total. The van der Waals surface area contributed by atoms with E-state index in [9.17, 15) is 5.11 Å². The molecule has 0 aliphatic carbocycles. The van der Waals surface area contributed by atoms with Crippen LogP contribution in [-0.4, -0.2) is 22.9 Å². The first-order valence-corrected chi connectivity index (χ1v) is 7.71. The Hall–Kier alpha value is 0.1000. The first-order chi connectivity index (χ1) is 7.95. The number of hydrogen-bond donors (Lipinski definition) is 1. The second-order valence-electron chi connectivity index (χ2n) is 5.21. The average molecular weight is 319 g/mol. The Morgan fingerprint density at radius 2 is 2.35 bits per heavy atom. The lowest BCUT2D eigenvalue weighted by atomic mass is 9.79. The summed E-state index contributed by atoms with van der Waals surface area (Å²) in [6.07, 6.45) is 3.15. The van der Waals surface area contributed by atoms with Gasteiger partial charge in [0.2, 0.25) is 0 Å². The summed E-state index contributed by atoms with van der Waals surface area (Å²) >= 11 is 5.16. The van der Waals surface area contributed by atoms with E-state index in [4.69, 9.17) is 4.74 Å². The molecule has 1 N–H and O–H groups in total. The van der Waals surface area contributed by atoms with Gasteiger partial charge in [-0.1, -0.05) is 6.92 Å². The van der Waals surface area contributed by atoms with Crippen molar-refractivity contribution in [3.05, 3.63) is 20.8 Å². The highest BCUT2D eigenvalue weighted by molar-refractivity contribution is 9.10. The molecule has 1 aliphatic rings. The molecule has 0 spiro atoms. The molecular weight excluding hydrogens is 300 g/mol. The fourth-order valence-electron chi connectivity index (χ4n) is 2.47. The zero-order valence-corrected chi connectivity index (χ0v) is 12.7. The van der Waals surface area contributed by atoms with Crippen LogP contribution in [0.1, 0.15) is 38.0 Å². The third-order valence-corrected chi connectivity index (χ3v) is 5.29. The molecule has 1 saturated heterocycles. The van der Waals surface area contributed by atoms with E-state index < -0.39 is 5.60 Å². The molecule has 1 fully saturated rings. The number of hydrogen-bond acceptors (Lipinski definition) is 3. The van der Waals surface area contributed by atoms with Crippen molar-refractivity contribution in [3.8, 4) is 0 Å². The number of thiophene rings is 1. The number of aliphatic hydroxyl groups is 1. The summed E-state index contributed by atoms with van der Waals surface area (Å²) < 4.78 is 6.89. The number of halogens is 1. The van der Waals surface area contributed by atoms with Crippen molar-refractivity contribution in [2.24, 2.45) is 0 Å². The topological polar surface area (TPSA) is 29.5 Å². The molecule has 2 heterocycles. The Bertz CT molecular complexity index is 393. The molecule has 1 aliphatic heterocycles. The molecule has 1 aromatic rings. The van der Waals surface area contributed by atoms with E-state index in [-0.39, 0.29) is 5.60 Å². The summed E-state index contributed by atoms with van der Waals surface area (Å²) in [6, 6.07) is 2.10. The maximum atomic E-state index is 10.7. The predicted octanol–water partition coefficient (Wildman–Crippen LogP) is 3.76. The quantitative estimate of drug-likeness (QED) is 0.919. The highest BCUT2D eigenvalue weighted by Gasteiger charge is 2.41. The molecule has 96 valence electrons. The van der Waals surface area contributed by atoms with Gasteiger partial charge in [0, 0.05) is 27.6 Å². The van der Waals surface area contributed by atoms with Gasteiger partial charge in [-0.3, -0.25) is 0 Å². The summed E-state index contributed by atoms with van der Waals surface area (Å²) in [5, 5.41) is 12.8. The van der Waals surface area contributed by atoms with E-state index in [1.807, 2.05) is 0 Å². The molecule has 0 aromatic carbocycles. The minimum atomic E-state index is -0.604. The minimum Gasteiger partial charge on any atom is -0.389 e. The van der Waals surface area contributed by atoms with Crippen LogP contribution in [0.15, 0.2) is 15.9 Å². The SMILES string of the molecule is CCC1(C)CC(O)(Cc2cc(Br)cs2)CCO1. The summed E-state index contributed by atoms with van der Waals surface area (Å²) in [5.41, 5.74) is -0.769. The van der Waals surface area contributed by atoms with Crippen molar-refractivity contribution in [2.75, 3.05) is 6.61 Å². The van der Waals surface area contributed by atoms with E-state index in [0.717, 1.165) is 30.2 Å². The molecule has 0 saturated carbocycles. The van der Waals surface area contributed by atoms with Gasteiger partial charge in [-0.05, 0) is 41.8 Å². The molecule has 2 rings (SSSR count). The molecular formula is C13H19BrO2S. The third-order valence-electron chi connectivity index (χ3n) is 3.59. The molecule has 2 atom stereocenters. The van der Waals surface area contributed by atoms with Crippen molar-refractivity contribution in [3.63, 3.8) is 0 Å². The number of rotatable bonds is 3. The Morgan fingerprint density at radius 1 is 1.59 bits per heavy atom. The van der Waals surface area contributed by atoms with Crippen molar-refractivity contribution in [1.29, 1.82) is 0 Å². The summed E-state index contributed by atoms with van der Waals surface area (Å²) in [4.78, 5) is 1.24. The van der Waals surface area contributed by atoms with Crippen molar-refractivity contribution >= 4 is 27.3 Å². The van der Waals surface area contributed by atoms with Crippen LogP contribution in [0.5, 0.6) is 0 Å². The average Bonchev–Trinajstić information content (AvgIpc) is 2.63. The Labute approximate surface area is 115 Å². The van der Waals surface area contributed by atoms with E-state index in [1.165, 1.54) is 4.88 Å². The Balaban J connectivity index is 2.08. The fourth-order valence-corrected chi connectivity index (χ4v) is 4.06. The lowest BCUT2D eigenvalue weighted by molar-refractivity contribution is -0.152. The van der Waals surface area contributed by atoms with Gasteiger partial charge in [0.15, 0.2) is 0 Å². The maximum absolute atomic E-state index is 10.7. The zero-order valence-electron chi connectivity index (χ0n) is 10.3. The Kier molecular flexibility index (Phi) is 3.98. The lowest BCUT2D eigenvalue weighted by Crippen LogP contribution is -2.48. The van der Waals surface area contributed by atoms with Gasteiger partial charge in [0.1, 0.15) is 0 Å². The van der Waals surface area contributed by atoms with Crippen LogP contribution in [0, 0.1) is 0 Å². The number of ether oxygens (including phenoxy) is 1. The second kappa shape index (κ2) is 5.00. The van der Waals surface area contributed by atoms with Crippen LogP contribution >= 0.6 is 27.3 Å². The first kappa shape index (κ1) is 13.5. The van der Waals surface area contributed by atoms with Crippen LogP contribution in [-0.2, 0) is 11.2 Å². The first-order valence-electron chi connectivity index (χ1n) is 6.04. The molecule has 1 aromatic heterocycles. The predicted molar refractivity (Wildman–Crippen MR) is 74.6 cm³/mol. The lowest BCUT2D eigenvalue weighted by Gasteiger charge is -2.43. The third kappa shape index (κ3) is 3.31. The van der Waals surface area contributed by atoms with Gasteiger partial charge in [-0.2, -0.15) is 0 Å². The van der Waals surface area contributed by atoms with Crippen LogP contribution in [0.4, 0.5) is 0 Å². The highest BCUT2D eigenvalue weighted by atomic mass is 79.9. The molecule has 0 radical (unpaired) electrons. The normalized spacial score (nSPS) is 33.9. The summed E-state index contributed by atoms with van der Waals surface area (Å²) in [5.74, 6) is 0. The molecule has 4 heteroatoms. The maximum Gasteiger partial charge on any atom is 0.0745 e. The largest absolute Gasteiger partial charge is 0.389 e. The second-order valence-corrected chi connectivity index (χ2v) is 7.12. The van der Waals surface area contributed by atoms with Crippen molar-refractivity contribution in [1.82, 2.24) is 0 Å². The van der Waals surface area contributed by atoms with Gasteiger partial charge >= 0.3 is 0 Å². The molecule has 0 amide bonds. The fraction of sp³-hybridized carbons (Fsp3) is 0.692. The van der Waals surface area contributed by atoms with Crippen molar-refractivity contribution < 1.29 is 9.84 Å². The summed E-state index contributed by atoms with van der Waals surface area (Å²) in [7, 11) is 0. The zero-order chi connectivity index (χ0) is 12.5. The van der Waals surface area contributed by atoms with E-state index in [0.29, 0.717) is 6.61 Å². The molecule has 17 heavy (non-hydrogen) atoms. The van der Waals surface area contributed by atoms with E-state index >= 15 is 0 Å². The van der Waals surface area contributed by atoms with E-state index in [1.54, 1.807) is 11.3 Å². The Morgan fingerprint density at radius 3 is 2.94 bits per heavy atom. The van der Waals surface area contributed by atoms with Crippen LogP contribution < -0.4 is 0 Å². The molecule has 0 bridgehead atoms. The highest BCUT2D eigenvalue weighted by Crippen LogP contribution is 2.37. The van der Waals surface area contributed by atoms with Gasteiger partial charge in [-0.15, -0.1) is 11.3 Å². The van der Waals surface area contributed by atoms with Crippen molar-refractivity contribution in [2.45, 2.75) is 50.7 Å². The monoisotopic (exact) mass is 318 g/mol. The van der Waals surface area contributed by atoms with E-state index in [2.05, 4.69) is 41.2 Å². The standard InChI is InChI=1S/C13H19BrO2S/c1-3-12(2)9-13(15,4-5-16-12)7-11-6-10(14)8-17-11/h6,8,15H,3-5,7,9H2,1-2H3. The van der Waals surface area contributed by atoms with Gasteiger partial charge in [-0.25, -0.2) is 0 Å². The molecule has 2 unspecified atom stereocenters. The smallest absolute Gasteiger partial charge is 0.0745 e. The van der Waals surface area contributed by atoms with Crippen LogP contribution in [0.3, 0.4) is 0 Å². The van der Waals surface area contributed by atoms with Gasteiger partial charge in [0.05, 0.1) is 17.8 Å². The van der Waals surface area contributed by atoms with Gasteiger partial charge in [0.25, 0.3) is 0 Å². The van der Waals surface area contributed by atoms with Gasteiger partial charge < -0.3 is 9.84 Å². The summed E-state index contributed by atoms with van der Waals surface area (Å²) in [6.45, 7) is 4.88. The van der Waals surface area contributed by atoms with Crippen LogP contribution in [0.2, 0.25) is 0 Å². The minimum absolute atomic E-state index is 0.165. The van der Waals surface area contributed by atoms with Crippen LogP contribution in [0.25, 0.3) is 0 Å².